The summed E-state index contributed by atoms with van der Waals surface area (Å²) in [7, 11) is 0. The van der Waals surface area contributed by atoms with Crippen LogP contribution >= 0.6 is 0 Å². The molecule has 4 aromatic heterocycles. The molecule has 2 amide bonds. The van der Waals surface area contributed by atoms with Gasteiger partial charge >= 0.3 is 11.9 Å². The molecule has 0 radical (unpaired) electrons. The monoisotopic (exact) mass is 712 g/mol. The molecule has 0 spiro atoms. The molecule has 6 aromatic rings. The van der Waals surface area contributed by atoms with Crippen molar-refractivity contribution in [2.24, 2.45) is 0 Å². The van der Waals surface area contributed by atoms with Crippen molar-refractivity contribution in [3.8, 4) is 23.1 Å². The lowest BCUT2D eigenvalue weighted by molar-refractivity contribution is 0.0686. The van der Waals surface area contributed by atoms with Crippen LogP contribution in [0.4, 0.5) is 20.2 Å². The number of carboxylic acids is 2. The van der Waals surface area contributed by atoms with Crippen LogP contribution in [-0.4, -0.2) is 86.7 Å². The molecule has 4 heterocycles. The number of anilines is 2. The number of carboxylic acid groups (broad SMARTS) is 2. The normalized spacial score (nSPS) is 10.7. The first-order valence-corrected chi connectivity index (χ1v) is 14.7. The Morgan fingerprint density at radius 1 is 0.635 bits per heavy atom. The molecule has 4 N–H and O–H groups in total. The van der Waals surface area contributed by atoms with E-state index in [4.69, 9.17) is 9.47 Å². The molecular weight excluding hydrogens is 690 g/mol. The van der Waals surface area contributed by atoms with Crippen LogP contribution in [0.1, 0.15) is 41.7 Å². The zero-order valence-corrected chi connectivity index (χ0v) is 26.2. The van der Waals surface area contributed by atoms with Crippen LogP contribution in [0.2, 0.25) is 0 Å². The number of ether oxygens (including phenoxy) is 2. The Kier molecular flexibility index (Phi) is 9.78. The second kappa shape index (κ2) is 14.9. The minimum absolute atomic E-state index is 0.178. The van der Waals surface area contributed by atoms with Crippen LogP contribution in [0.25, 0.3) is 11.6 Å². The Hall–Kier alpha value is -7.64. The number of amides is 2. The van der Waals surface area contributed by atoms with E-state index in [1.807, 2.05) is 0 Å². The third-order valence-electron chi connectivity index (χ3n) is 7.00. The molecule has 0 aliphatic heterocycles. The molecular formula is C32H22F2N10O8. The van der Waals surface area contributed by atoms with Crippen molar-refractivity contribution >= 4 is 35.1 Å². The third kappa shape index (κ3) is 7.64. The summed E-state index contributed by atoms with van der Waals surface area (Å²) in [6.07, 6.45) is 9.20. The Morgan fingerprint density at radius 3 is 1.54 bits per heavy atom. The number of nitrogens with zero attached hydrogens (tertiary/aromatic N) is 8. The molecule has 6 rings (SSSR count). The van der Waals surface area contributed by atoms with Crippen molar-refractivity contribution in [1.82, 2.24) is 39.5 Å². The van der Waals surface area contributed by atoms with Crippen LogP contribution in [-0.2, 0) is 0 Å². The van der Waals surface area contributed by atoms with E-state index in [1.165, 1.54) is 49.3 Å². The highest BCUT2D eigenvalue weighted by atomic mass is 19.1. The summed E-state index contributed by atoms with van der Waals surface area (Å²) in [5.41, 5.74) is -2.20. The first-order valence-electron chi connectivity index (χ1n) is 14.7. The maximum Gasteiger partial charge on any atom is 0.337 e. The van der Waals surface area contributed by atoms with Crippen molar-refractivity contribution in [1.29, 1.82) is 0 Å². The first-order chi connectivity index (χ1) is 25.1. The second-order valence-electron chi connectivity index (χ2n) is 10.4. The molecule has 262 valence electrons. The van der Waals surface area contributed by atoms with E-state index in [9.17, 15) is 38.2 Å². The van der Waals surface area contributed by atoms with Gasteiger partial charge in [0.05, 0.1) is 22.5 Å². The number of halogens is 2. The highest BCUT2D eigenvalue weighted by Gasteiger charge is 2.22. The molecule has 52 heavy (non-hydrogen) atoms. The van der Waals surface area contributed by atoms with Gasteiger partial charge in [0.1, 0.15) is 25.9 Å². The third-order valence-corrected chi connectivity index (χ3v) is 7.00. The topological polar surface area (TPSA) is 238 Å². The Labute approximate surface area is 289 Å². The molecule has 0 aliphatic carbocycles. The van der Waals surface area contributed by atoms with Gasteiger partial charge in [0, 0.05) is 36.9 Å². The second-order valence-corrected chi connectivity index (χ2v) is 10.4. The summed E-state index contributed by atoms with van der Waals surface area (Å²) in [6, 6.07) is 8.76. The van der Waals surface area contributed by atoms with E-state index in [-0.39, 0.29) is 17.1 Å². The van der Waals surface area contributed by atoms with E-state index in [0.29, 0.717) is 17.7 Å². The fourth-order valence-electron chi connectivity index (χ4n) is 4.52. The SMILES string of the molecule is O=C(Nc1cc(OCCOc2cc(C(=O)O)c(NC(=O)c3ccc(-n4ccnc4)nn3)cc2F)c(F)cc1C(=O)O)c1ccc(-n2ccnc2)nn1. The van der Waals surface area contributed by atoms with Gasteiger partial charge in [-0.15, -0.1) is 20.4 Å². The van der Waals surface area contributed by atoms with Gasteiger partial charge in [-0.2, -0.15) is 0 Å². The highest BCUT2D eigenvalue weighted by molar-refractivity contribution is 6.07. The van der Waals surface area contributed by atoms with E-state index in [0.717, 1.165) is 18.2 Å². The summed E-state index contributed by atoms with van der Waals surface area (Å²) in [5.74, 6) is -7.23. The van der Waals surface area contributed by atoms with Crippen molar-refractivity contribution in [2.75, 3.05) is 23.8 Å². The molecule has 18 nitrogen and oxygen atoms in total. The van der Waals surface area contributed by atoms with Gasteiger partial charge in [-0.25, -0.2) is 28.3 Å². The van der Waals surface area contributed by atoms with Gasteiger partial charge in [-0.3, -0.25) is 18.7 Å². The van der Waals surface area contributed by atoms with Gasteiger partial charge in [0.15, 0.2) is 46.2 Å². The van der Waals surface area contributed by atoms with Gasteiger partial charge in [-0.05, 0) is 36.4 Å². The summed E-state index contributed by atoms with van der Waals surface area (Å²) >= 11 is 0. The lowest BCUT2D eigenvalue weighted by Crippen LogP contribution is -2.18. The Bertz CT molecular complexity index is 2270. The van der Waals surface area contributed by atoms with E-state index in [2.05, 4.69) is 41.0 Å². The lowest BCUT2D eigenvalue weighted by atomic mass is 10.1. The minimum atomic E-state index is -1.55. The minimum Gasteiger partial charge on any atom is -0.487 e. The first kappa shape index (κ1) is 34.2. The van der Waals surface area contributed by atoms with Crippen molar-refractivity contribution in [3.05, 3.63) is 120 Å². The number of carbonyl (C=O) groups is 4. The molecule has 0 saturated heterocycles. The number of imidazole rings is 2. The largest absolute Gasteiger partial charge is 0.487 e. The van der Waals surface area contributed by atoms with E-state index >= 15 is 0 Å². The molecule has 0 bridgehead atoms. The zero-order chi connectivity index (χ0) is 36.8. The van der Waals surface area contributed by atoms with Gasteiger partial charge < -0.3 is 30.3 Å². The molecule has 0 unspecified atom stereocenters. The number of hydrogen-bond donors (Lipinski definition) is 4. The predicted molar refractivity (Wildman–Crippen MR) is 172 cm³/mol. The van der Waals surface area contributed by atoms with Crippen molar-refractivity contribution in [3.63, 3.8) is 0 Å². The van der Waals surface area contributed by atoms with Gasteiger partial charge in [0.2, 0.25) is 0 Å². The van der Waals surface area contributed by atoms with Crippen molar-refractivity contribution in [2.45, 2.75) is 0 Å². The summed E-state index contributed by atoms with van der Waals surface area (Å²) in [5, 5.41) is 39.4. The van der Waals surface area contributed by atoms with E-state index in [1.54, 1.807) is 21.5 Å². The maximum absolute atomic E-state index is 15.0. The summed E-state index contributed by atoms with van der Waals surface area (Å²) < 4.78 is 43.5. The van der Waals surface area contributed by atoms with Crippen LogP contribution in [0.5, 0.6) is 11.5 Å². The standard InChI is InChI=1S/C32H22F2N10O8/c33-19-11-17(31(47)48)24(38-30(46)22-2-4-28(42-40-22)44-8-6-36-16-44)14-26(19)52-10-9-51-25-12-18(32(49)50)23(13-20(25)34)37-29(45)21-1-3-27(41-39-21)43-7-5-35-15-43/h1-8,11-16H,9-10H2,(H,37,45)(H,38,46)(H,47,48)(H,49,50). The maximum atomic E-state index is 15.0. The van der Waals surface area contributed by atoms with Crippen LogP contribution in [0.3, 0.4) is 0 Å². The molecule has 0 saturated carbocycles. The van der Waals surface area contributed by atoms with Crippen molar-refractivity contribution < 1.29 is 47.6 Å². The average molecular weight is 713 g/mol. The number of carbonyl (C=O) groups excluding carboxylic acids is 2. The fraction of sp³-hybridized carbons (Fsp3) is 0.0625. The molecule has 0 atom stereocenters. The lowest BCUT2D eigenvalue weighted by Gasteiger charge is -2.14. The Morgan fingerprint density at radius 2 is 1.10 bits per heavy atom. The quantitative estimate of drug-likeness (QED) is 0.126. The van der Waals surface area contributed by atoms with Gasteiger partial charge in [0.25, 0.3) is 11.8 Å². The molecule has 0 aliphatic rings. The number of benzene rings is 2. The number of aromatic carboxylic acids is 2. The summed E-state index contributed by atoms with van der Waals surface area (Å²) in [6.45, 7) is -0.882. The Balaban J connectivity index is 1.09. The molecule has 0 fully saturated rings. The van der Waals surface area contributed by atoms with Crippen LogP contribution in [0.15, 0.2) is 86.0 Å². The highest BCUT2D eigenvalue weighted by Crippen LogP contribution is 2.29. The summed E-state index contributed by atoms with van der Waals surface area (Å²) in [4.78, 5) is 57.1. The average Bonchev–Trinajstić information content (AvgIpc) is 3.88. The predicted octanol–water partition coefficient (Wildman–Crippen LogP) is 3.28. The zero-order valence-electron chi connectivity index (χ0n) is 26.2. The number of aromatic nitrogens is 8. The fourth-order valence-corrected chi connectivity index (χ4v) is 4.52. The van der Waals surface area contributed by atoms with Crippen LogP contribution < -0.4 is 20.1 Å². The number of rotatable bonds is 13. The number of nitrogens with one attached hydrogen (secondary N) is 2. The number of hydrogen-bond acceptors (Lipinski definition) is 12. The van der Waals surface area contributed by atoms with Gasteiger partial charge in [-0.1, -0.05) is 0 Å². The molecule has 2 aromatic carbocycles. The molecule has 20 heteroatoms. The smallest absolute Gasteiger partial charge is 0.337 e. The van der Waals surface area contributed by atoms with E-state index < -0.39 is 76.9 Å². The van der Waals surface area contributed by atoms with Crippen LogP contribution in [0, 0.1) is 11.6 Å².